The molecule has 0 saturated carbocycles. The third-order valence-corrected chi connectivity index (χ3v) is 3.58. The Morgan fingerprint density at radius 3 is 2.57 bits per heavy atom. The Morgan fingerprint density at radius 2 is 1.96 bits per heavy atom. The van der Waals surface area contributed by atoms with Crippen molar-refractivity contribution in [2.75, 3.05) is 13.2 Å². The van der Waals surface area contributed by atoms with E-state index in [9.17, 15) is 9.90 Å². The molecule has 0 bridgehead atoms. The van der Waals surface area contributed by atoms with Crippen molar-refractivity contribution < 1.29 is 19.1 Å². The smallest absolute Gasteiger partial charge is 0.257 e. The van der Waals surface area contributed by atoms with E-state index < -0.39 is 6.10 Å². The molecule has 124 valence electrons. The van der Waals surface area contributed by atoms with E-state index in [1.165, 1.54) is 18.1 Å². The van der Waals surface area contributed by atoms with E-state index in [-0.39, 0.29) is 12.5 Å². The van der Waals surface area contributed by atoms with Gasteiger partial charge in [-0.15, -0.1) is 0 Å². The summed E-state index contributed by atoms with van der Waals surface area (Å²) in [4.78, 5) is 11.7. The van der Waals surface area contributed by atoms with Crippen LogP contribution in [0.3, 0.4) is 0 Å². The van der Waals surface area contributed by atoms with Crippen molar-refractivity contribution >= 4 is 5.91 Å². The summed E-state index contributed by atoms with van der Waals surface area (Å²) in [5, 5.41) is 12.6. The molecule has 0 fully saturated rings. The number of furan rings is 1. The van der Waals surface area contributed by atoms with E-state index in [4.69, 9.17) is 9.15 Å². The molecule has 2 N–H and O–H groups in total. The monoisotopic (exact) mass is 317 g/mol. The van der Waals surface area contributed by atoms with Gasteiger partial charge in [0.15, 0.2) is 6.61 Å². The first-order valence-electron chi connectivity index (χ1n) is 7.76. The minimum absolute atomic E-state index is 0.0389. The maximum Gasteiger partial charge on any atom is 0.257 e. The Kier molecular flexibility index (Phi) is 6.23. The number of amides is 1. The lowest BCUT2D eigenvalue weighted by atomic mass is 10.0. The van der Waals surface area contributed by atoms with Crippen LogP contribution in [0.15, 0.2) is 47.3 Å². The second-order valence-electron chi connectivity index (χ2n) is 5.72. The SMILES string of the molecule is CC(C)c1ccc(OCC(=O)NCCC(O)c2ccoc2)cc1. The van der Waals surface area contributed by atoms with Crippen molar-refractivity contribution in [2.24, 2.45) is 0 Å². The first-order chi connectivity index (χ1) is 11.1. The van der Waals surface area contributed by atoms with Gasteiger partial charge in [-0.1, -0.05) is 26.0 Å². The highest BCUT2D eigenvalue weighted by molar-refractivity contribution is 5.77. The van der Waals surface area contributed by atoms with Gasteiger partial charge in [-0.05, 0) is 36.1 Å². The molecule has 1 unspecified atom stereocenters. The van der Waals surface area contributed by atoms with Crippen LogP contribution in [0, 0.1) is 0 Å². The molecule has 0 aliphatic carbocycles. The predicted molar refractivity (Wildman–Crippen MR) is 87.3 cm³/mol. The van der Waals surface area contributed by atoms with Gasteiger partial charge in [0, 0.05) is 12.1 Å². The van der Waals surface area contributed by atoms with E-state index in [2.05, 4.69) is 19.2 Å². The highest BCUT2D eigenvalue weighted by atomic mass is 16.5. The van der Waals surface area contributed by atoms with Gasteiger partial charge in [-0.25, -0.2) is 0 Å². The summed E-state index contributed by atoms with van der Waals surface area (Å²) in [6, 6.07) is 9.44. The zero-order valence-electron chi connectivity index (χ0n) is 13.5. The van der Waals surface area contributed by atoms with Gasteiger partial charge >= 0.3 is 0 Å². The number of aliphatic hydroxyl groups excluding tert-OH is 1. The summed E-state index contributed by atoms with van der Waals surface area (Å²) in [6.45, 7) is 4.59. The van der Waals surface area contributed by atoms with Gasteiger partial charge in [0.05, 0.1) is 18.6 Å². The average molecular weight is 317 g/mol. The largest absolute Gasteiger partial charge is 0.484 e. The fourth-order valence-corrected chi connectivity index (χ4v) is 2.13. The number of carbonyl (C=O) groups excluding carboxylic acids is 1. The number of benzene rings is 1. The van der Waals surface area contributed by atoms with Crippen LogP contribution < -0.4 is 10.1 Å². The van der Waals surface area contributed by atoms with Crippen LogP contribution in [-0.4, -0.2) is 24.2 Å². The normalized spacial score (nSPS) is 12.2. The summed E-state index contributed by atoms with van der Waals surface area (Å²) in [7, 11) is 0. The van der Waals surface area contributed by atoms with E-state index in [1.54, 1.807) is 6.07 Å². The number of hydrogen-bond acceptors (Lipinski definition) is 4. The molecular formula is C18H23NO4. The molecule has 5 nitrogen and oxygen atoms in total. The molecule has 2 aromatic rings. The first kappa shape index (κ1) is 17.1. The summed E-state index contributed by atoms with van der Waals surface area (Å²) in [6.07, 6.45) is 2.79. The molecule has 2 rings (SSSR count). The number of carbonyl (C=O) groups is 1. The molecule has 0 spiro atoms. The topological polar surface area (TPSA) is 71.7 Å². The van der Waals surface area contributed by atoms with Gasteiger partial charge in [0.25, 0.3) is 5.91 Å². The van der Waals surface area contributed by atoms with Crippen LogP contribution in [0.5, 0.6) is 5.75 Å². The standard InChI is InChI=1S/C18H23NO4/c1-13(2)14-3-5-16(6-4-14)23-12-18(21)19-9-7-17(20)15-8-10-22-11-15/h3-6,8,10-11,13,17,20H,7,9,12H2,1-2H3,(H,19,21). The molecule has 0 radical (unpaired) electrons. The number of aliphatic hydroxyl groups is 1. The summed E-state index contributed by atoms with van der Waals surface area (Å²) in [5.41, 5.74) is 1.94. The molecule has 1 aromatic heterocycles. The predicted octanol–water partition coefficient (Wildman–Crippen LogP) is 3.02. The summed E-state index contributed by atoms with van der Waals surface area (Å²) in [5.74, 6) is 0.925. The number of hydrogen-bond donors (Lipinski definition) is 2. The lowest BCUT2D eigenvalue weighted by Gasteiger charge is -2.11. The number of rotatable bonds is 8. The van der Waals surface area contributed by atoms with Crippen LogP contribution in [0.1, 0.15) is 43.4 Å². The van der Waals surface area contributed by atoms with Crippen molar-refractivity contribution in [1.82, 2.24) is 5.32 Å². The van der Waals surface area contributed by atoms with Crippen molar-refractivity contribution in [3.05, 3.63) is 54.0 Å². The van der Waals surface area contributed by atoms with Crippen LogP contribution in [0.2, 0.25) is 0 Å². The third kappa shape index (κ3) is 5.45. The lowest BCUT2D eigenvalue weighted by Crippen LogP contribution is -2.30. The molecular weight excluding hydrogens is 294 g/mol. The van der Waals surface area contributed by atoms with Crippen LogP contribution >= 0.6 is 0 Å². The number of ether oxygens (including phenoxy) is 1. The highest BCUT2D eigenvalue weighted by Gasteiger charge is 2.09. The molecule has 0 saturated heterocycles. The van der Waals surface area contributed by atoms with Gasteiger partial charge in [0.2, 0.25) is 0 Å². The Hall–Kier alpha value is -2.27. The van der Waals surface area contributed by atoms with Gasteiger partial charge in [-0.3, -0.25) is 4.79 Å². The van der Waals surface area contributed by atoms with Crippen LogP contribution in [-0.2, 0) is 4.79 Å². The van der Waals surface area contributed by atoms with Crippen LogP contribution in [0.4, 0.5) is 0 Å². The molecule has 5 heteroatoms. The lowest BCUT2D eigenvalue weighted by molar-refractivity contribution is -0.123. The van der Waals surface area contributed by atoms with Crippen molar-refractivity contribution in [2.45, 2.75) is 32.3 Å². The zero-order valence-corrected chi connectivity index (χ0v) is 13.5. The Balaban J connectivity index is 1.67. The second-order valence-corrected chi connectivity index (χ2v) is 5.72. The molecule has 1 amide bonds. The minimum Gasteiger partial charge on any atom is -0.484 e. The molecule has 1 heterocycles. The Morgan fingerprint density at radius 1 is 1.22 bits per heavy atom. The molecule has 23 heavy (non-hydrogen) atoms. The van der Waals surface area contributed by atoms with E-state index in [1.807, 2.05) is 24.3 Å². The van der Waals surface area contributed by atoms with Crippen LogP contribution in [0.25, 0.3) is 0 Å². The van der Waals surface area contributed by atoms with E-state index in [0.29, 0.717) is 30.2 Å². The quantitative estimate of drug-likeness (QED) is 0.785. The van der Waals surface area contributed by atoms with E-state index in [0.717, 1.165) is 0 Å². The Bertz CT molecular complexity index is 590. The second kappa shape index (κ2) is 8.39. The number of nitrogens with one attached hydrogen (secondary N) is 1. The molecule has 1 aromatic carbocycles. The molecule has 1 atom stereocenters. The first-order valence-corrected chi connectivity index (χ1v) is 7.76. The maximum absolute atomic E-state index is 11.7. The van der Waals surface area contributed by atoms with Gasteiger partial charge in [-0.2, -0.15) is 0 Å². The van der Waals surface area contributed by atoms with Gasteiger partial charge in [0.1, 0.15) is 5.75 Å². The fourth-order valence-electron chi connectivity index (χ4n) is 2.13. The van der Waals surface area contributed by atoms with E-state index >= 15 is 0 Å². The summed E-state index contributed by atoms with van der Waals surface area (Å²) < 4.78 is 10.3. The maximum atomic E-state index is 11.7. The average Bonchev–Trinajstić information content (AvgIpc) is 3.07. The Labute approximate surface area is 136 Å². The fraction of sp³-hybridized carbons (Fsp3) is 0.389. The molecule has 0 aliphatic heterocycles. The third-order valence-electron chi connectivity index (χ3n) is 3.58. The summed E-state index contributed by atoms with van der Waals surface area (Å²) >= 11 is 0. The van der Waals surface area contributed by atoms with Crippen molar-refractivity contribution in [3.8, 4) is 5.75 Å². The van der Waals surface area contributed by atoms with Crippen molar-refractivity contribution in [3.63, 3.8) is 0 Å². The van der Waals surface area contributed by atoms with Gasteiger partial charge < -0.3 is 19.6 Å². The zero-order chi connectivity index (χ0) is 16.7. The molecule has 0 aliphatic rings. The minimum atomic E-state index is -0.640. The van der Waals surface area contributed by atoms with Crippen molar-refractivity contribution in [1.29, 1.82) is 0 Å². The highest BCUT2D eigenvalue weighted by Crippen LogP contribution is 2.18.